The Hall–Kier alpha value is -2.90. The van der Waals surface area contributed by atoms with Crippen LogP contribution in [0.15, 0.2) is 42.6 Å². The Kier molecular flexibility index (Phi) is 5.03. The molecule has 2 aromatic heterocycles. The minimum absolute atomic E-state index is 0.0656. The van der Waals surface area contributed by atoms with E-state index in [1.807, 2.05) is 0 Å². The second-order valence-electron chi connectivity index (χ2n) is 8.20. The second kappa shape index (κ2) is 7.41. The van der Waals surface area contributed by atoms with Gasteiger partial charge in [-0.05, 0) is 42.5 Å². The highest BCUT2D eigenvalue weighted by Gasteiger charge is 2.32. The number of nitrogens with zero attached hydrogens (tertiary/aromatic N) is 2. The van der Waals surface area contributed by atoms with Gasteiger partial charge in [0.2, 0.25) is 5.91 Å². The minimum Gasteiger partial charge on any atom is -0.309 e. The molecule has 4 rings (SSSR count). The summed E-state index contributed by atoms with van der Waals surface area (Å²) in [5, 5.41) is 2.80. The van der Waals surface area contributed by atoms with E-state index >= 15 is 0 Å². The van der Waals surface area contributed by atoms with E-state index in [9.17, 15) is 22.4 Å². The van der Waals surface area contributed by atoms with Gasteiger partial charge in [-0.25, -0.2) is 9.37 Å². The molecule has 0 spiro atoms. The first kappa shape index (κ1) is 20.4. The van der Waals surface area contributed by atoms with Crippen LogP contribution in [-0.2, 0) is 11.0 Å². The van der Waals surface area contributed by atoms with Crippen LogP contribution >= 0.6 is 0 Å². The summed E-state index contributed by atoms with van der Waals surface area (Å²) in [6.45, 7) is 2.08. The number of fused-ring (bicyclic) bond motifs is 1. The van der Waals surface area contributed by atoms with Crippen LogP contribution in [-0.4, -0.2) is 15.3 Å². The molecule has 0 unspecified atom stereocenters. The molecular weight excluding hydrogens is 398 g/mol. The van der Waals surface area contributed by atoms with Crippen LogP contribution in [0.2, 0.25) is 0 Å². The molecule has 1 amide bonds. The van der Waals surface area contributed by atoms with Crippen molar-refractivity contribution in [3.8, 4) is 11.3 Å². The van der Waals surface area contributed by atoms with E-state index in [1.165, 1.54) is 34.9 Å². The summed E-state index contributed by atoms with van der Waals surface area (Å²) in [5.74, 6) is -0.534. The molecule has 1 aliphatic rings. The van der Waals surface area contributed by atoms with Gasteiger partial charge in [-0.3, -0.25) is 9.20 Å². The lowest BCUT2D eigenvalue weighted by Gasteiger charge is -2.22. The van der Waals surface area contributed by atoms with Gasteiger partial charge in [0.1, 0.15) is 11.5 Å². The normalized spacial score (nSPS) is 16.2. The second-order valence-corrected chi connectivity index (χ2v) is 8.20. The van der Waals surface area contributed by atoms with Crippen LogP contribution < -0.4 is 5.32 Å². The van der Waals surface area contributed by atoms with Crippen LogP contribution in [0.4, 0.5) is 23.4 Å². The molecule has 4 nitrogen and oxygen atoms in total. The molecule has 1 N–H and O–H groups in total. The highest BCUT2D eigenvalue weighted by atomic mass is 19.4. The van der Waals surface area contributed by atoms with Crippen LogP contribution in [0.5, 0.6) is 0 Å². The van der Waals surface area contributed by atoms with E-state index in [4.69, 9.17) is 0 Å². The molecule has 1 fully saturated rings. The average Bonchev–Trinajstić information content (AvgIpc) is 3.24. The number of pyridine rings is 1. The van der Waals surface area contributed by atoms with E-state index in [2.05, 4.69) is 17.2 Å². The first-order chi connectivity index (χ1) is 14.1. The summed E-state index contributed by atoms with van der Waals surface area (Å²) in [4.78, 5) is 17.1. The zero-order valence-electron chi connectivity index (χ0n) is 16.4. The average molecular weight is 419 g/mol. The lowest BCUT2D eigenvalue weighted by Crippen LogP contribution is -2.22. The highest BCUT2D eigenvalue weighted by molar-refractivity contribution is 5.94. The molecule has 1 saturated carbocycles. The van der Waals surface area contributed by atoms with Crippen molar-refractivity contribution in [2.24, 2.45) is 5.41 Å². The number of anilines is 1. The molecule has 0 bridgehead atoms. The predicted molar refractivity (Wildman–Crippen MR) is 105 cm³/mol. The third kappa shape index (κ3) is 4.04. The molecule has 2 heterocycles. The van der Waals surface area contributed by atoms with E-state index in [0.29, 0.717) is 23.3 Å². The van der Waals surface area contributed by atoms with Gasteiger partial charge in [0.15, 0.2) is 5.82 Å². The van der Waals surface area contributed by atoms with Crippen molar-refractivity contribution in [2.45, 2.75) is 45.2 Å². The number of carbonyl (C=O) groups is 1. The summed E-state index contributed by atoms with van der Waals surface area (Å²) in [7, 11) is 0. The maximum Gasteiger partial charge on any atom is 0.416 e. The molecule has 1 aliphatic carbocycles. The summed E-state index contributed by atoms with van der Waals surface area (Å²) in [5.41, 5.74) is 0.260. The van der Waals surface area contributed by atoms with Crippen molar-refractivity contribution in [1.29, 1.82) is 0 Å². The number of imidazole rings is 1. The molecule has 1 aromatic carbocycles. The number of nitrogens with one attached hydrogen (secondary N) is 1. The monoisotopic (exact) mass is 419 g/mol. The Morgan fingerprint density at radius 2 is 1.80 bits per heavy atom. The molecule has 0 atom stereocenters. The number of hydrogen-bond acceptors (Lipinski definition) is 2. The molecule has 0 saturated heterocycles. The topological polar surface area (TPSA) is 46.4 Å². The van der Waals surface area contributed by atoms with Crippen molar-refractivity contribution >= 4 is 17.4 Å². The Bertz CT molecular complexity index is 1080. The summed E-state index contributed by atoms with van der Waals surface area (Å²) in [6, 6.07) is 7.20. The highest BCUT2D eigenvalue weighted by Crippen LogP contribution is 2.41. The van der Waals surface area contributed by atoms with Crippen LogP contribution in [0, 0.1) is 11.2 Å². The van der Waals surface area contributed by atoms with Gasteiger partial charge in [-0.1, -0.05) is 31.9 Å². The third-order valence-corrected chi connectivity index (χ3v) is 5.72. The number of amides is 1. The lowest BCUT2D eigenvalue weighted by atomic mass is 9.85. The van der Waals surface area contributed by atoms with Crippen LogP contribution in [0.3, 0.4) is 0 Å². The zero-order valence-corrected chi connectivity index (χ0v) is 16.4. The van der Waals surface area contributed by atoms with Gasteiger partial charge >= 0.3 is 6.18 Å². The molecule has 8 heteroatoms. The molecule has 0 radical (unpaired) electrons. The molecular formula is C22H21F4N3O. The van der Waals surface area contributed by atoms with Crippen molar-refractivity contribution < 1.29 is 22.4 Å². The number of alkyl halides is 3. The smallest absolute Gasteiger partial charge is 0.309 e. The number of carbonyl (C=O) groups excluding carboxylic acids is 1. The first-order valence-electron chi connectivity index (χ1n) is 9.80. The number of hydrogen-bond donors (Lipinski definition) is 1. The van der Waals surface area contributed by atoms with Gasteiger partial charge in [0.25, 0.3) is 0 Å². The van der Waals surface area contributed by atoms with Gasteiger partial charge < -0.3 is 5.32 Å². The third-order valence-electron chi connectivity index (χ3n) is 5.72. The Labute approximate surface area is 170 Å². The summed E-state index contributed by atoms with van der Waals surface area (Å²) in [6.07, 6.45) is 1.20. The van der Waals surface area contributed by atoms with E-state index in [0.717, 1.165) is 37.8 Å². The number of rotatable bonds is 4. The molecule has 0 aliphatic heterocycles. The molecule has 3 aromatic rings. The largest absolute Gasteiger partial charge is 0.416 e. The lowest BCUT2D eigenvalue weighted by molar-refractivity contribution is -0.137. The summed E-state index contributed by atoms with van der Waals surface area (Å²) >= 11 is 0. The Morgan fingerprint density at radius 3 is 2.43 bits per heavy atom. The fourth-order valence-electron chi connectivity index (χ4n) is 4.17. The van der Waals surface area contributed by atoms with Gasteiger partial charge in [0.05, 0.1) is 11.3 Å². The maximum atomic E-state index is 13.9. The van der Waals surface area contributed by atoms with E-state index in [-0.39, 0.29) is 17.1 Å². The van der Waals surface area contributed by atoms with E-state index in [1.54, 1.807) is 0 Å². The SMILES string of the molecule is CC1(CC(=O)Nc2nc3ccc(F)cn3c2-c2ccc(C(F)(F)F)cc2)CCCC1. The fraction of sp³-hybridized carbons (Fsp3) is 0.364. The van der Waals surface area contributed by atoms with Gasteiger partial charge in [-0.15, -0.1) is 0 Å². The number of aromatic nitrogens is 2. The van der Waals surface area contributed by atoms with Gasteiger partial charge in [-0.2, -0.15) is 13.2 Å². The fourth-order valence-corrected chi connectivity index (χ4v) is 4.17. The molecule has 158 valence electrons. The number of benzene rings is 1. The van der Waals surface area contributed by atoms with Crippen molar-refractivity contribution in [3.05, 3.63) is 54.0 Å². The van der Waals surface area contributed by atoms with Crippen molar-refractivity contribution in [3.63, 3.8) is 0 Å². The quantitative estimate of drug-likeness (QED) is 0.522. The standard InChI is InChI=1S/C22H21F4N3O/c1-21(10-2-3-11-21)12-18(30)28-20-19(29-13-16(23)8-9-17(29)27-20)14-4-6-15(7-5-14)22(24,25)26/h4-9,13H,2-3,10-12H2,1H3,(H,28,30). The zero-order chi connectivity index (χ0) is 21.5. The summed E-state index contributed by atoms with van der Waals surface area (Å²) < 4.78 is 54.1. The Balaban J connectivity index is 1.72. The van der Waals surface area contributed by atoms with Crippen LogP contribution in [0.25, 0.3) is 16.9 Å². The maximum absolute atomic E-state index is 13.9. The first-order valence-corrected chi connectivity index (χ1v) is 9.80. The number of halogens is 4. The van der Waals surface area contributed by atoms with E-state index < -0.39 is 17.6 Å². The van der Waals surface area contributed by atoms with Crippen molar-refractivity contribution in [1.82, 2.24) is 9.38 Å². The predicted octanol–water partition coefficient (Wildman–Crippen LogP) is 6.07. The van der Waals surface area contributed by atoms with Crippen LogP contribution in [0.1, 0.15) is 44.6 Å². The van der Waals surface area contributed by atoms with Gasteiger partial charge in [0, 0.05) is 18.2 Å². The molecule has 30 heavy (non-hydrogen) atoms. The Morgan fingerprint density at radius 1 is 1.13 bits per heavy atom. The minimum atomic E-state index is -4.46. The van der Waals surface area contributed by atoms with Crippen molar-refractivity contribution in [2.75, 3.05) is 5.32 Å².